The number of nitrogens with one attached hydrogen (secondary N) is 1. The minimum absolute atomic E-state index is 0.0614. The van der Waals surface area contributed by atoms with E-state index < -0.39 is 0 Å². The van der Waals surface area contributed by atoms with Gasteiger partial charge < -0.3 is 10.8 Å². The summed E-state index contributed by atoms with van der Waals surface area (Å²) in [5.74, 6) is 8.15. The monoisotopic (exact) mass is 378 g/mol. The Kier molecular flexibility index (Phi) is 5.14. The highest BCUT2D eigenvalue weighted by Gasteiger charge is 2.17. The van der Waals surface area contributed by atoms with Crippen molar-refractivity contribution in [3.8, 4) is 0 Å². The van der Waals surface area contributed by atoms with Gasteiger partial charge >= 0.3 is 0 Å². The molecule has 0 aliphatic rings. The summed E-state index contributed by atoms with van der Waals surface area (Å²) in [6.45, 7) is 8.24. The van der Waals surface area contributed by atoms with Gasteiger partial charge in [-0.1, -0.05) is 32.0 Å². The molecule has 0 unspecified atom stereocenters. The Labute approximate surface area is 154 Å². The van der Waals surface area contributed by atoms with Crippen LogP contribution >= 0.6 is 23.1 Å². The normalized spacial score (nSPS) is 12.8. The van der Waals surface area contributed by atoms with Crippen LogP contribution in [-0.2, 0) is 12.2 Å². The summed E-state index contributed by atoms with van der Waals surface area (Å²) in [5.41, 5.74) is 1.08. The quantitative estimate of drug-likeness (QED) is 0.505. The zero-order chi connectivity index (χ0) is 18.1. The first-order valence-corrected chi connectivity index (χ1v) is 10.0. The van der Waals surface area contributed by atoms with Crippen molar-refractivity contribution in [2.75, 3.05) is 5.84 Å². The lowest BCUT2D eigenvalue weighted by Gasteiger charge is -2.08. The average molecular weight is 379 g/mol. The van der Waals surface area contributed by atoms with Gasteiger partial charge in [-0.2, -0.15) is 0 Å². The van der Waals surface area contributed by atoms with E-state index in [1.807, 2.05) is 0 Å². The van der Waals surface area contributed by atoms with Gasteiger partial charge in [0.25, 0.3) is 5.56 Å². The third-order valence-corrected chi connectivity index (χ3v) is 6.33. The zero-order valence-corrected chi connectivity index (χ0v) is 16.4. The predicted molar refractivity (Wildman–Crippen MR) is 103 cm³/mol. The van der Waals surface area contributed by atoms with Gasteiger partial charge in [-0.15, -0.1) is 21.5 Å². The number of H-pyrrole nitrogens is 1. The van der Waals surface area contributed by atoms with Crippen molar-refractivity contribution in [2.24, 2.45) is 5.92 Å². The maximum Gasteiger partial charge on any atom is 0.259 e. The lowest BCUT2D eigenvalue weighted by molar-refractivity contribution is 0.561. The van der Waals surface area contributed by atoms with Gasteiger partial charge in [0, 0.05) is 4.88 Å². The number of nitrogens with zero attached hydrogens (tertiary/aromatic N) is 4. The topological polar surface area (TPSA) is 102 Å². The molecule has 3 aromatic rings. The molecular formula is C16H22N6OS2. The second-order valence-electron chi connectivity index (χ2n) is 6.24. The summed E-state index contributed by atoms with van der Waals surface area (Å²) in [7, 11) is 0. The van der Waals surface area contributed by atoms with Gasteiger partial charge in [-0.25, -0.2) is 9.66 Å². The Morgan fingerprint density at radius 1 is 1.36 bits per heavy atom. The molecule has 0 bridgehead atoms. The third-order valence-electron chi connectivity index (χ3n) is 4.33. The average Bonchev–Trinajstić information content (AvgIpc) is 3.06. The summed E-state index contributed by atoms with van der Waals surface area (Å²) in [6.07, 6.45) is 2.01. The summed E-state index contributed by atoms with van der Waals surface area (Å²) < 4.78 is 1.43. The van der Waals surface area contributed by atoms with E-state index >= 15 is 0 Å². The highest BCUT2D eigenvalue weighted by molar-refractivity contribution is 7.98. The van der Waals surface area contributed by atoms with Gasteiger partial charge in [-0.3, -0.25) is 4.79 Å². The van der Waals surface area contributed by atoms with Crippen LogP contribution in [0.4, 0.5) is 0 Å². The summed E-state index contributed by atoms with van der Waals surface area (Å²) in [5, 5.41) is 9.27. The van der Waals surface area contributed by atoms with Crippen molar-refractivity contribution in [3.05, 3.63) is 32.4 Å². The van der Waals surface area contributed by atoms with Gasteiger partial charge in [0.1, 0.15) is 16.5 Å². The molecule has 25 heavy (non-hydrogen) atoms. The van der Waals surface area contributed by atoms with Crippen LogP contribution in [0.3, 0.4) is 0 Å². The summed E-state index contributed by atoms with van der Waals surface area (Å²) >= 11 is 2.99. The van der Waals surface area contributed by atoms with E-state index in [1.54, 1.807) is 18.3 Å². The highest BCUT2D eigenvalue weighted by atomic mass is 32.2. The molecule has 0 radical (unpaired) electrons. The molecule has 0 aliphatic heterocycles. The Morgan fingerprint density at radius 2 is 2.12 bits per heavy atom. The van der Waals surface area contributed by atoms with Crippen molar-refractivity contribution in [1.82, 2.24) is 24.8 Å². The number of aryl methyl sites for hydroxylation is 2. The molecule has 0 aromatic carbocycles. The van der Waals surface area contributed by atoms with E-state index in [0.717, 1.165) is 28.6 Å². The summed E-state index contributed by atoms with van der Waals surface area (Å²) in [4.78, 5) is 22.2. The van der Waals surface area contributed by atoms with Crippen molar-refractivity contribution >= 4 is 33.3 Å². The first-order valence-electron chi connectivity index (χ1n) is 8.21. The molecule has 0 aliphatic carbocycles. The standard InChI is InChI=1S/C16H22N6OS2/c1-5-8(2)6-11-9(3)25-15-13(11)14(23)18-12(19-15)7-24-16-21-20-10(4)22(16)17/h8H,5-7,17H2,1-4H3,(H,18,19,23)/t8-/m1/s1. The van der Waals surface area contributed by atoms with Crippen LogP contribution in [0.2, 0.25) is 0 Å². The number of nitrogens with two attached hydrogens (primary N) is 1. The van der Waals surface area contributed by atoms with Crippen LogP contribution < -0.4 is 11.4 Å². The SMILES string of the molecule is CC[C@@H](C)Cc1c(C)sc2nc(CSc3nnc(C)n3N)[nH]c(=O)c12. The molecule has 134 valence electrons. The van der Waals surface area contributed by atoms with Gasteiger partial charge in [0.15, 0.2) is 0 Å². The van der Waals surface area contributed by atoms with Crippen molar-refractivity contribution in [3.63, 3.8) is 0 Å². The molecular weight excluding hydrogens is 356 g/mol. The molecule has 3 rings (SSSR count). The molecule has 3 N–H and O–H groups in total. The first kappa shape index (κ1) is 17.9. The molecule has 0 amide bonds. The maximum absolute atomic E-state index is 12.6. The second kappa shape index (κ2) is 7.17. The number of aromatic amines is 1. The number of thioether (sulfide) groups is 1. The Bertz CT molecular complexity index is 958. The second-order valence-corrected chi connectivity index (χ2v) is 8.38. The Morgan fingerprint density at radius 3 is 2.76 bits per heavy atom. The number of fused-ring (bicyclic) bond motifs is 1. The van der Waals surface area contributed by atoms with E-state index in [0.29, 0.717) is 28.5 Å². The molecule has 0 saturated heterocycles. The van der Waals surface area contributed by atoms with Crippen molar-refractivity contribution in [1.29, 1.82) is 0 Å². The number of aromatic nitrogens is 5. The number of nitrogen functional groups attached to an aromatic ring is 1. The van der Waals surface area contributed by atoms with Crippen LogP contribution in [0.1, 0.15) is 42.4 Å². The fourth-order valence-electron chi connectivity index (χ4n) is 2.61. The third kappa shape index (κ3) is 3.57. The van der Waals surface area contributed by atoms with Crippen LogP contribution in [0.15, 0.2) is 9.95 Å². The van der Waals surface area contributed by atoms with Crippen molar-refractivity contribution in [2.45, 2.75) is 51.4 Å². The number of thiophene rings is 1. The fraction of sp³-hybridized carbons (Fsp3) is 0.500. The van der Waals surface area contributed by atoms with E-state index in [1.165, 1.54) is 21.3 Å². The molecule has 0 fully saturated rings. The Hall–Kier alpha value is -1.87. The molecule has 3 heterocycles. The molecule has 7 nitrogen and oxygen atoms in total. The number of rotatable bonds is 6. The molecule has 1 atom stereocenters. The number of hydrogen-bond acceptors (Lipinski definition) is 7. The van der Waals surface area contributed by atoms with Crippen LogP contribution in [0.5, 0.6) is 0 Å². The van der Waals surface area contributed by atoms with E-state index in [2.05, 4.69) is 40.9 Å². The molecule has 0 saturated carbocycles. The highest BCUT2D eigenvalue weighted by Crippen LogP contribution is 2.30. The van der Waals surface area contributed by atoms with Crippen LogP contribution in [-0.4, -0.2) is 24.8 Å². The van der Waals surface area contributed by atoms with E-state index in [4.69, 9.17) is 5.84 Å². The van der Waals surface area contributed by atoms with Crippen molar-refractivity contribution < 1.29 is 0 Å². The maximum atomic E-state index is 12.6. The smallest absolute Gasteiger partial charge is 0.259 e. The minimum Gasteiger partial charge on any atom is -0.336 e. The van der Waals surface area contributed by atoms with Crippen LogP contribution in [0, 0.1) is 19.8 Å². The molecule has 3 aromatic heterocycles. The molecule has 0 spiro atoms. The lowest BCUT2D eigenvalue weighted by atomic mass is 9.98. The van der Waals surface area contributed by atoms with E-state index in [9.17, 15) is 4.79 Å². The van der Waals surface area contributed by atoms with Gasteiger partial charge in [0.2, 0.25) is 5.16 Å². The minimum atomic E-state index is -0.0614. The lowest BCUT2D eigenvalue weighted by Crippen LogP contribution is -2.14. The zero-order valence-electron chi connectivity index (χ0n) is 14.8. The summed E-state index contributed by atoms with van der Waals surface area (Å²) in [6, 6.07) is 0. The number of hydrogen-bond donors (Lipinski definition) is 2. The fourth-order valence-corrected chi connectivity index (χ4v) is 4.45. The predicted octanol–water partition coefficient (Wildman–Crippen LogP) is 2.79. The van der Waals surface area contributed by atoms with Gasteiger partial charge in [0.05, 0.1) is 11.1 Å². The first-order chi connectivity index (χ1) is 11.9. The van der Waals surface area contributed by atoms with Crippen LogP contribution in [0.25, 0.3) is 10.2 Å². The Balaban J connectivity index is 1.89. The largest absolute Gasteiger partial charge is 0.336 e. The van der Waals surface area contributed by atoms with E-state index in [-0.39, 0.29) is 5.56 Å². The van der Waals surface area contributed by atoms with Gasteiger partial charge in [-0.05, 0) is 31.7 Å². The molecule has 9 heteroatoms.